The maximum absolute atomic E-state index is 9.95. The van der Waals surface area contributed by atoms with E-state index in [1.807, 2.05) is 6.92 Å². The Morgan fingerprint density at radius 2 is 2.00 bits per heavy atom. The van der Waals surface area contributed by atoms with Crippen LogP contribution in [0.1, 0.15) is 31.7 Å². The number of rotatable bonds is 5. The molecule has 1 saturated carbocycles. The Kier molecular flexibility index (Phi) is 4.39. The summed E-state index contributed by atoms with van der Waals surface area (Å²) in [5.41, 5.74) is 1.34. The second kappa shape index (κ2) is 6.25. The first-order valence-electron chi connectivity index (χ1n) is 7.92. The Morgan fingerprint density at radius 3 is 2.65 bits per heavy atom. The summed E-state index contributed by atoms with van der Waals surface area (Å²) in [7, 11) is 0. The Labute approximate surface area is 122 Å². The molecule has 0 spiro atoms. The molecule has 3 atom stereocenters. The van der Waals surface area contributed by atoms with Crippen LogP contribution in [-0.4, -0.2) is 41.3 Å². The van der Waals surface area contributed by atoms with E-state index in [9.17, 15) is 5.11 Å². The molecule has 3 rings (SSSR count). The second-order valence-corrected chi connectivity index (χ2v) is 6.48. The van der Waals surface area contributed by atoms with Crippen LogP contribution in [0, 0.1) is 5.92 Å². The lowest BCUT2D eigenvalue weighted by molar-refractivity contribution is 0.0444. The minimum atomic E-state index is -0.197. The molecule has 0 radical (unpaired) electrons. The van der Waals surface area contributed by atoms with Crippen molar-refractivity contribution in [2.45, 2.75) is 50.9 Å². The van der Waals surface area contributed by atoms with Gasteiger partial charge in [-0.1, -0.05) is 30.3 Å². The van der Waals surface area contributed by atoms with Gasteiger partial charge in [0, 0.05) is 31.7 Å². The summed E-state index contributed by atoms with van der Waals surface area (Å²) >= 11 is 0. The van der Waals surface area contributed by atoms with Gasteiger partial charge in [0.25, 0.3) is 0 Å². The number of benzene rings is 1. The number of nitrogens with zero attached hydrogens (tertiary/aromatic N) is 1. The van der Waals surface area contributed by atoms with Crippen molar-refractivity contribution in [3.63, 3.8) is 0 Å². The summed E-state index contributed by atoms with van der Waals surface area (Å²) < 4.78 is 0. The maximum Gasteiger partial charge on any atom is 0.0553 e. The monoisotopic (exact) mass is 274 g/mol. The van der Waals surface area contributed by atoms with Crippen LogP contribution < -0.4 is 5.32 Å². The van der Waals surface area contributed by atoms with Gasteiger partial charge in [-0.05, 0) is 37.7 Å². The first-order chi connectivity index (χ1) is 9.72. The normalized spacial score (nSPS) is 29.3. The van der Waals surface area contributed by atoms with Crippen LogP contribution in [0.25, 0.3) is 0 Å². The van der Waals surface area contributed by atoms with Crippen LogP contribution in [0.2, 0.25) is 0 Å². The molecule has 1 aromatic carbocycles. The summed E-state index contributed by atoms with van der Waals surface area (Å²) in [6, 6.07) is 11.9. The molecule has 0 bridgehead atoms. The predicted molar refractivity (Wildman–Crippen MR) is 81.5 cm³/mol. The van der Waals surface area contributed by atoms with Crippen molar-refractivity contribution < 1.29 is 5.11 Å². The van der Waals surface area contributed by atoms with Crippen LogP contribution in [0.5, 0.6) is 0 Å². The zero-order valence-corrected chi connectivity index (χ0v) is 12.3. The number of aliphatic hydroxyl groups excluding tert-OH is 1. The highest BCUT2D eigenvalue weighted by Crippen LogP contribution is 2.32. The van der Waals surface area contributed by atoms with Gasteiger partial charge in [0.15, 0.2) is 0 Å². The van der Waals surface area contributed by atoms with E-state index in [1.165, 1.54) is 18.4 Å². The highest BCUT2D eigenvalue weighted by molar-refractivity contribution is 5.14. The standard InChI is InChI=1S/C17H26N2O/c1-13(20)15-9-16(12-19(11-15)17-7-8-17)18-10-14-5-3-2-4-6-14/h2-6,13,15-18,20H,7-12H2,1H3. The lowest BCUT2D eigenvalue weighted by Crippen LogP contribution is -2.51. The third-order valence-corrected chi connectivity index (χ3v) is 4.69. The predicted octanol–water partition coefficient (Wildman–Crippen LogP) is 2.01. The van der Waals surface area contributed by atoms with Crippen LogP contribution in [0.3, 0.4) is 0 Å². The summed E-state index contributed by atoms with van der Waals surface area (Å²) in [6.07, 6.45) is 3.58. The summed E-state index contributed by atoms with van der Waals surface area (Å²) in [6.45, 7) is 5.08. The minimum Gasteiger partial charge on any atom is -0.393 e. The van der Waals surface area contributed by atoms with Crippen molar-refractivity contribution in [3.05, 3.63) is 35.9 Å². The molecule has 0 aromatic heterocycles. The van der Waals surface area contributed by atoms with Gasteiger partial charge in [-0.25, -0.2) is 0 Å². The molecule has 3 unspecified atom stereocenters. The van der Waals surface area contributed by atoms with E-state index in [4.69, 9.17) is 0 Å². The van der Waals surface area contributed by atoms with Crippen molar-refractivity contribution in [1.29, 1.82) is 0 Å². The van der Waals surface area contributed by atoms with Gasteiger partial charge in [0.1, 0.15) is 0 Å². The summed E-state index contributed by atoms with van der Waals surface area (Å²) in [5, 5.41) is 13.6. The van der Waals surface area contributed by atoms with Crippen LogP contribution in [0.4, 0.5) is 0 Å². The molecular formula is C17H26N2O. The first-order valence-corrected chi connectivity index (χ1v) is 7.92. The van der Waals surface area contributed by atoms with Crippen molar-refractivity contribution in [3.8, 4) is 0 Å². The molecule has 1 aromatic rings. The Bertz CT molecular complexity index is 406. The molecule has 1 aliphatic heterocycles. The molecular weight excluding hydrogens is 248 g/mol. The van der Waals surface area contributed by atoms with E-state index in [0.29, 0.717) is 12.0 Å². The zero-order chi connectivity index (χ0) is 13.9. The smallest absolute Gasteiger partial charge is 0.0553 e. The van der Waals surface area contributed by atoms with Gasteiger partial charge in [0.2, 0.25) is 0 Å². The van der Waals surface area contributed by atoms with Gasteiger partial charge < -0.3 is 10.4 Å². The number of aliphatic hydroxyl groups is 1. The lowest BCUT2D eigenvalue weighted by atomic mass is 9.90. The Morgan fingerprint density at radius 1 is 1.25 bits per heavy atom. The molecule has 2 aliphatic rings. The molecule has 110 valence electrons. The third-order valence-electron chi connectivity index (χ3n) is 4.69. The molecule has 2 N–H and O–H groups in total. The first kappa shape index (κ1) is 14.1. The second-order valence-electron chi connectivity index (χ2n) is 6.48. The molecule has 1 saturated heterocycles. The average Bonchev–Trinajstić information content (AvgIpc) is 3.30. The molecule has 20 heavy (non-hydrogen) atoms. The summed E-state index contributed by atoms with van der Waals surface area (Å²) in [5.74, 6) is 0.414. The largest absolute Gasteiger partial charge is 0.393 e. The van der Waals surface area contributed by atoms with Crippen LogP contribution in [-0.2, 0) is 6.54 Å². The zero-order valence-electron chi connectivity index (χ0n) is 12.3. The fourth-order valence-corrected chi connectivity index (χ4v) is 3.27. The third kappa shape index (κ3) is 3.60. The molecule has 3 heteroatoms. The molecule has 1 aliphatic carbocycles. The van der Waals surface area contributed by atoms with E-state index in [2.05, 4.69) is 40.5 Å². The Balaban J connectivity index is 1.56. The van der Waals surface area contributed by atoms with E-state index < -0.39 is 0 Å². The average molecular weight is 274 g/mol. The quantitative estimate of drug-likeness (QED) is 0.862. The maximum atomic E-state index is 9.95. The number of hydrogen-bond acceptors (Lipinski definition) is 3. The highest BCUT2D eigenvalue weighted by atomic mass is 16.3. The fraction of sp³-hybridized carbons (Fsp3) is 0.647. The van der Waals surface area contributed by atoms with Crippen LogP contribution >= 0.6 is 0 Å². The van der Waals surface area contributed by atoms with Crippen molar-refractivity contribution in [1.82, 2.24) is 10.2 Å². The van der Waals surface area contributed by atoms with Crippen LogP contribution in [0.15, 0.2) is 30.3 Å². The topological polar surface area (TPSA) is 35.5 Å². The Hall–Kier alpha value is -0.900. The number of piperidine rings is 1. The molecule has 1 heterocycles. The van der Waals surface area contributed by atoms with Gasteiger partial charge in [-0.3, -0.25) is 4.90 Å². The number of nitrogens with one attached hydrogen (secondary N) is 1. The SMILES string of the molecule is CC(O)C1CC(NCc2ccccc2)CN(C2CC2)C1. The summed E-state index contributed by atoms with van der Waals surface area (Å²) in [4.78, 5) is 2.59. The van der Waals surface area contributed by atoms with Gasteiger partial charge in [-0.2, -0.15) is 0 Å². The van der Waals surface area contributed by atoms with E-state index in [-0.39, 0.29) is 6.10 Å². The lowest BCUT2D eigenvalue weighted by Gasteiger charge is -2.39. The van der Waals surface area contributed by atoms with Gasteiger partial charge in [0.05, 0.1) is 6.10 Å². The van der Waals surface area contributed by atoms with Crippen molar-refractivity contribution in [2.75, 3.05) is 13.1 Å². The van der Waals surface area contributed by atoms with Gasteiger partial charge in [-0.15, -0.1) is 0 Å². The van der Waals surface area contributed by atoms with E-state index >= 15 is 0 Å². The van der Waals surface area contributed by atoms with Gasteiger partial charge >= 0.3 is 0 Å². The minimum absolute atomic E-state index is 0.197. The molecule has 2 fully saturated rings. The van der Waals surface area contributed by atoms with E-state index in [0.717, 1.165) is 32.1 Å². The molecule has 3 nitrogen and oxygen atoms in total. The number of likely N-dealkylation sites (tertiary alicyclic amines) is 1. The van der Waals surface area contributed by atoms with E-state index in [1.54, 1.807) is 0 Å². The van der Waals surface area contributed by atoms with Crippen molar-refractivity contribution >= 4 is 0 Å². The van der Waals surface area contributed by atoms with Crippen molar-refractivity contribution in [2.24, 2.45) is 5.92 Å². The molecule has 0 amide bonds. The number of hydrogen-bond donors (Lipinski definition) is 2. The highest BCUT2D eigenvalue weighted by Gasteiger charge is 2.37. The fourth-order valence-electron chi connectivity index (χ4n) is 3.27.